The number of nitrogens with one attached hydrogen (secondary N) is 1. The largest absolute Gasteiger partial charge is 0.494 e. The number of rotatable bonds is 7. The lowest BCUT2D eigenvalue weighted by Gasteiger charge is -2.06. The zero-order chi connectivity index (χ0) is 13.2. The Balaban J connectivity index is 2.35. The van der Waals surface area contributed by atoms with Crippen LogP contribution in [0.15, 0.2) is 24.3 Å². The fraction of sp³-hybridized carbons (Fsp3) is 0.429. The van der Waals surface area contributed by atoms with Crippen molar-refractivity contribution in [3.63, 3.8) is 0 Å². The van der Waals surface area contributed by atoms with Gasteiger partial charge in [-0.25, -0.2) is 0 Å². The van der Waals surface area contributed by atoms with Crippen LogP contribution >= 0.6 is 0 Å². The molecule has 0 aromatic heterocycles. The summed E-state index contributed by atoms with van der Waals surface area (Å²) < 4.78 is 5.47. The monoisotopic (exact) mass is 246 g/mol. The van der Waals surface area contributed by atoms with E-state index in [9.17, 15) is 4.79 Å². The van der Waals surface area contributed by atoms with E-state index >= 15 is 0 Å². The molecule has 0 spiro atoms. The highest BCUT2D eigenvalue weighted by Crippen LogP contribution is 2.13. The van der Waals surface area contributed by atoms with Gasteiger partial charge in [0.1, 0.15) is 12.3 Å². The third kappa shape index (κ3) is 5.35. The molecule has 0 fully saturated rings. The molecule has 0 aliphatic carbocycles. The summed E-state index contributed by atoms with van der Waals surface area (Å²) >= 11 is 0. The molecule has 0 unspecified atom stereocenters. The topological polar surface area (TPSA) is 62.1 Å². The molecule has 1 aromatic rings. The van der Waals surface area contributed by atoms with Crippen molar-refractivity contribution in [3.05, 3.63) is 29.8 Å². The zero-order valence-corrected chi connectivity index (χ0v) is 10.6. The summed E-state index contributed by atoms with van der Waals surface area (Å²) in [6.45, 7) is 2.85. The lowest BCUT2D eigenvalue weighted by Crippen LogP contribution is -2.23. The number of hydrogen-bond donors (Lipinski definition) is 1. The van der Waals surface area contributed by atoms with E-state index in [0.717, 1.165) is 24.3 Å². The Bertz CT molecular complexity index is 407. The molecule has 1 N–H and O–H groups in total. The molecule has 0 saturated carbocycles. The second-order valence-electron chi connectivity index (χ2n) is 3.93. The first kappa shape index (κ1) is 14.0. The Labute approximate surface area is 108 Å². The predicted molar refractivity (Wildman–Crippen MR) is 69.2 cm³/mol. The van der Waals surface area contributed by atoms with E-state index < -0.39 is 0 Å². The molecule has 0 aliphatic heterocycles. The van der Waals surface area contributed by atoms with Crippen LogP contribution in [0.5, 0.6) is 5.75 Å². The lowest BCUT2D eigenvalue weighted by atomic mass is 10.1. The number of hydrogen-bond acceptors (Lipinski definition) is 3. The minimum atomic E-state index is -0.0946. The Morgan fingerprint density at radius 3 is 2.72 bits per heavy atom. The quantitative estimate of drug-likeness (QED) is 0.749. The Morgan fingerprint density at radius 2 is 2.11 bits per heavy atom. The van der Waals surface area contributed by atoms with E-state index in [2.05, 4.69) is 12.2 Å². The fourth-order valence-electron chi connectivity index (χ4n) is 1.46. The molecular weight excluding hydrogens is 228 g/mol. The molecule has 0 saturated heterocycles. The first-order chi connectivity index (χ1) is 8.76. The number of amides is 1. The Hall–Kier alpha value is -2.02. The molecule has 1 rings (SSSR count). The van der Waals surface area contributed by atoms with Crippen LogP contribution in [-0.2, 0) is 11.2 Å². The van der Waals surface area contributed by atoms with Crippen LogP contribution in [-0.4, -0.2) is 19.1 Å². The van der Waals surface area contributed by atoms with Crippen LogP contribution in [0.2, 0.25) is 0 Å². The van der Waals surface area contributed by atoms with Gasteiger partial charge in [-0.15, -0.1) is 0 Å². The summed E-state index contributed by atoms with van der Waals surface area (Å²) in [5.41, 5.74) is 1.09. The first-order valence-corrected chi connectivity index (χ1v) is 6.11. The normalized spacial score (nSPS) is 9.56. The molecule has 0 aliphatic rings. The van der Waals surface area contributed by atoms with Crippen LogP contribution in [0.3, 0.4) is 0 Å². The summed E-state index contributed by atoms with van der Waals surface area (Å²) in [5.74, 6) is 0.761. The van der Waals surface area contributed by atoms with Gasteiger partial charge >= 0.3 is 0 Å². The summed E-state index contributed by atoms with van der Waals surface area (Å²) in [7, 11) is 0. The molecular formula is C14H18N2O2. The van der Waals surface area contributed by atoms with Crippen molar-refractivity contribution in [3.8, 4) is 11.8 Å². The van der Waals surface area contributed by atoms with Crippen molar-refractivity contribution < 1.29 is 9.53 Å². The molecule has 0 bridgehead atoms. The molecule has 0 radical (unpaired) electrons. The number of benzene rings is 1. The van der Waals surface area contributed by atoms with Crippen molar-refractivity contribution in [2.45, 2.75) is 26.2 Å². The number of nitriles is 1. The molecule has 96 valence electrons. The maximum absolute atomic E-state index is 11.3. The predicted octanol–water partition coefficient (Wildman–Crippen LogP) is 2.05. The van der Waals surface area contributed by atoms with Crippen molar-refractivity contribution in [2.75, 3.05) is 13.2 Å². The average Bonchev–Trinajstić information content (AvgIpc) is 2.41. The van der Waals surface area contributed by atoms with Gasteiger partial charge in [-0.3, -0.25) is 4.79 Å². The molecule has 1 aromatic carbocycles. The van der Waals surface area contributed by atoms with Crippen LogP contribution in [0, 0.1) is 11.3 Å². The standard InChI is InChI=1S/C14H18N2O2/c1-2-11-18-13-6-3-12(4-7-13)5-8-14(17)16-10-9-15/h3-4,6-7H,2,5,8,10-11H2,1H3,(H,16,17). The first-order valence-electron chi connectivity index (χ1n) is 6.11. The Morgan fingerprint density at radius 1 is 1.39 bits per heavy atom. The molecule has 0 heterocycles. The van der Waals surface area contributed by atoms with Gasteiger partial charge < -0.3 is 10.1 Å². The number of ether oxygens (including phenoxy) is 1. The van der Waals surface area contributed by atoms with Gasteiger partial charge in [0.15, 0.2) is 0 Å². The number of carbonyl (C=O) groups excluding carboxylic acids is 1. The third-order valence-electron chi connectivity index (χ3n) is 2.40. The van der Waals surface area contributed by atoms with Crippen molar-refractivity contribution >= 4 is 5.91 Å². The van der Waals surface area contributed by atoms with Gasteiger partial charge in [0, 0.05) is 6.42 Å². The number of aryl methyl sites for hydroxylation is 1. The molecule has 1 amide bonds. The van der Waals surface area contributed by atoms with Gasteiger partial charge in [0.25, 0.3) is 0 Å². The van der Waals surface area contributed by atoms with E-state index in [-0.39, 0.29) is 12.5 Å². The second kappa shape index (κ2) is 8.13. The van der Waals surface area contributed by atoms with E-state index in [1.807, 2.05) is 30.3 Å². The van der Waals surface area contributed by atoms with Gasteiger partial charge in [0.05, 0.1) is 12.7 Å². The van der Waals surface area contributed by atoms with Gasteiger partial charge in [-0.05, 0) is 30.5 Å². The second-order valence-corrected chi connectivity index (χ2v) is 3.93. The van der Waals surface area contributed by atoms with Gasteiger partial charge in [0.2, 0.25) is 5.91 Å². The summed E-state index contributed by atoms with van der Waals surface area (Å²) in [6, 6.07) is 9.63. The molecule has 18 heavy (non-hydrogen) atoms. The minimum Gasteiger partial charge on any atom is -0.494 e. The van der Waals surface area contributed by atoms with Gasteiger partial charge in [-0.2, -0.15) is 5.26 Å². The molecule has 0 atom stereocenters. The smallest absolute Gasteiger partial charge is 0.221 e. The van der Waals surface area contributed by atoms with E-state index in [0.29, 0.717) is 12.8 Å². The number of carbonyl (C=O) groups is 1. The van der Waals surface area contributed by atoms with Crippen LogP contribution in [0.25, 0.3) is 0 Å². The van der Waals surface area contributed by atoms with E-state index in [4.69, 9.17) is 10.00 Å². The van der Waals surface area contributed by atoms with Crippen molar-refractivity contribution in [1.82, 2.24) is 5.32 Å². The Kier molecular flexibility index (Phi) is 6.34. The van der Waals surface area contributed by atoms with Crippen molar-refractivity contribution in [1.29, 1.82) is 5.26 Å². The zero-order valence-electron chi connectivity index (χ0n) is 10.6. The van der Waals surface area contributed by atoms with Crippen molar-refractivity contribution in [2.24, 2.45) is 0 Å². The van der Waals surface area contributed by atoms with E-state index in [1.165, 1.54) is 0 Å². The summed E-state index contributed by atoms with van der Waals surface area (Å²) in [6.07, 6.45) is 2.06. The van der Waals surface area contributed by atoms with Gasteiger partial charge in [-0.1, -0.05) is 19.1 Å². The SMILES string of the molecule is CCCOc1ccc(CCC(=O)NCC#N)cc1. The third-order valence-corrected chi connectivity index (χ3v) is 2.40. The highest BCUT2D eigenvalue weighted by atomic mass is 16.5. The summed E-state index contributed by atoms with van der Waals surface area (Å²) in [5, 5.41) is 10.8. The van der Waals surface area contributed by atoms with E-state index in [1.54, 1.807) is 0 Å². The molecule has 4 nitrogen and oxygen atoms in total. The average molecular weight is 246 g/mol. The van der Waals surface area contributed by atoms with Crippen LogP contribution in [0.4, 0.5) is 0 Å². The maximum Gasteiger partial charge on any atom is 0.221 e. The minimum absolute atomic E-state index is 0.0721. The highest BCUT2D eigenvalue weighted by molar-refractivity contribution is 5.76. The van der Waals surface area contributed by atoms with Crippen LogP contribution in [0.1, 0.15) is 25.3 Å². The highest BCUT2D eigenvalue weighted by Gasteiger charge is 2.01. The molecule has 4 heteroatoms. The van der Waals surface area contributed by atoms with Crippen LogP contribution < -0.4 is 10.1 Å². The lowest BCUT2D eigenvalue weighted by molar-refractivity contribution is -0.120. The maximum atomic E-state index is 11.3. The summed E-state index contributed by atoms with van der Waals surface area (Å²) in [4.78, 5) is 11.3. The fourth-order valence-corrected chi connectivity index (χ4v) is 1.46. The number of nitrogens with zero attached hydrogens (tertiary/aromatic N) is 1.